The Morgan fingerprint density at radius 3 is 2.64 bits per heavy atom. The molecule has 1 amide bonds. The van der Waals surface area contributed by atoms with E-state index in [9.17, 15) is 9.59 Å². The van der Waals surface area contributed by atoms with Crippen LogP contribution in [-0.4, -0.2) is 22.1 Å². The molecule has 0 radical (unpaired) electrons. The molecule has 0 spiro atoms. The molecule has 2 aromatic carbocycles. The highest BCUT2D eigenvalue weighted by Gasteiger charge is 2.16. The van der Waals surface area contributed by atoms with Gasteiger partial charge in [-0.1, -0.05) is 35.4 Å². The quantitative estimate of drug-likeness (QED) is 0.558. The third-order valence-corrected chi connectivity index (χ3v) is 3.96. The smallest absolute Gasteiger partial charge is 0.447 e. The highest BCUT2D eigenvalue weighted by atomic mass is 16.5. The van der Waals surface area contributed by atoms with Crippen LogP contribution in [0.25, 0.3) is 27.5 Å². The van der Waals surface area contributed by atoms with Crippen molar-refractivity contribution in [2.24, 2.45) is 10.2 Å². The minimum atomic E-state index is -0.769. The van der Waals surface area contributed by atoms with E-state index in [-0.39, 0.29) is 12.2 Å². The lowest BCUT2D eigenvalue weighted by Gasteiger charge is -2.01. The second kappa shape index (κ2) is 5.86. The number of rotatable bonds is 2. The number of hydrogen-bond donors (Lipinski definition) is 1. The van der Waals surface area contributed by atoms with E-state index in [1.807, 2.05) is 42.5 Å². The maximum absolute atomic E-state index is 12.9. The van der Waals surface area contributed by atoms with Gasteiger partial charge in [-0.3, -0.25) is 9.20 Å². The van der Waals surface area contributed by atoms with Crippen molar-refractivity contribution in [2.45, 2.75) is 6.92 Å². The van der Waals surface area contributed by atoms with Gasteiger partial charge in [0.15, 0.2) is 0 Å². The Labute approximate surface area is 141 Å². The van der Waals surface area contributed by atoms with Gasteiger partial charge < -0.3 is 9.72 Å². The second-order valence-electron chi connectivity index (χ2n) is 5.42. The Morgan fingerprint density at radius 2 is 1.84 bits per heavy atom. The molecule has 7 nitrogen and oxygen atoms in total. The monoisotopic (exact) mass is 334 g/mol. The normalized spacial score (nSPS) is 11.7. The molecule has 0 aliphatic heterocycles. The van der Waals surface area contributed by atoms with E-state index in [4.69, 9.17) is 4.74 Å². The van der Waals surface area contributed by atoms with Crippen molar-refractivity contribution >= 4 is 39.2 Å². The van der Waals surface area contributed by atoms with Crippen LogP contribution in [-0.2, 0) is 4.74 Å². The number of aromatic amines is 1. The first-order valence-corrected chi connectivity index (χ1v) is 7.83. The number of H-pyrrole nitrogens is 1. The van der Waals surface area contributed by atoms with Crippen LogP contribution in [0, 0.1) is 0 Å². The molecular weight excluding hydrogens is 320 g/mol. The topological polar surface area (TPSA) is 88.3 Å². The lowest BCUT2D eigenvalue weighted by atomic mass is 10.2. The van der Waals surface area contributed by atoms with E-state index in [0.29, 0.717) is 27.8 Å². The van der Waals surface area contributed by atoms with E-state index >= 15 is 0 Å². The molecule has 1 N–H and O–H groups in total. The number of ether oxygens (including phenoxy) is 1. The molecule has 25 heavy (non-hydrogen) atoms. The number of nitrogens with zero attached hydrogens (tertiary/aromatic N) is 3. The summed E-state index contributed by atoms with van der Waals surface area (Å²) in [5.41, 5.74) is 2.14. The standard InChI is InChI=1S/C18H14N4O3/c1-2-25-18(24)21-20-15-12-8-4-6-10-14(12)22-16(15)19-13-9-5-3-7-11(13)17(22)23/h3-10,19H,2H2,1H3. The number of nitrogens with one attached hydrogen (secondary N) is 1. The fourth-order valence-electron chi connectivity index (χ4n) is 2.92. The summed E-state index contributed by atoms with van der Waals surface area (Å²) in [5.74, 6) is 0. The van der Waals surface area contributed by atoms with Crippen LogP contribution in [0.4, 0.5) is 10.5 Å². The zero-order valence-electron chi connectivity index (χ0n) is 13.4. The molecule has 0 saturated carbocycles. The maximum atomic E-state index is 12.9. The van der Waals surface area contributed by atoms with Gasteiger partial charge in [-0.2, -0.15) is 0 Å². The molecule has 0 atom stereocenters. The molecule has 0 bridgehead atoms. The number of carbonyl (C=O) groups is 1. The summed E-state index contributed by atoms with van der Waals surface area (Å²) in [7, 11) is 0. The van der Waals surface area contributed by atoms with Gasteiger partial charge in [0.2, 0.25) is 0 Å². The van der Waals surface area contributed by atoms with Crippen LogP contribution in [0.15, 0.2) is 63.6 Å². The third-order valence-electron chi connectivity index (χ3n) is 3.96. The average molecular weight is 334 g/mol. The lowest BCUT2D eigenvalue weighted by Crippen LogP contribution is -2.13. The number of para-hydroxylation sites is 2. The van der Waals surface area contributed by atoms with E-state index in [2.05, 4.69) is 15.2 Å². The van der Waals surface area contributed by atoms with Crippen LogP contribution < -0.4 is 5.56 Å². The SMILES string of the molecule is CCOC(=O)N=Nc1c2ccccc2n2c(=O)c3ccccc3[nH]c12. The van der Waals surface area contributed by atoms with Crippen molar-refractivity contribution < 1.29 is 9.53 Å². The first-order chi connectivity index (χ1) is 12.2. The number of fused-ring (bicyclic) bond motifs is 4. The highest BCUT2D eigenvalue weighted by Crippen LogP contribution is 2.32. The number of aromatic nitrogens is 2. The fraction of sp³-hybridized carbons (Fsp3) is 0.111. The summed E-state index contributed by atoms with van der Waals surface area (Å²) >= 11 is 0. The van der Waals surface area contributed by atoms with Crippen molar-refractivity contribution in [1.82, 2.24) is 9.38 Å². The van der Waals surface area contributed by atoms with Gasteiger partial charge in [0.1, 0.15) is 11.3 Å². The summed E-state index contributed by atoms with van der Waals surface area (Å²) in [6, 6.07) is 14.6. The second-order valence-corrected chi connectivity index (χ2v) is 5.42. The first-order valence-electron chi connectivity index (χ1n) is 7.83. The molecule has 4 rings (SSSR count). The Hall–Kier alpha value is -3.48. The van der Waals surface area contributed by atoms with E-state index < -0.39 is 6.09 Å². The van der Waals surface area contributed by atoms with Gasteiger partial charge in [0.05, 0.1) is 23.0 Å². The molecule has 124 valence electrons. The van der Waals surface area contributed by atoms with Crippen LogP contribution >= 0.6 is 0 Å². The largest absolute Gasteiger partial charge is 0.452 e. The molecule has 2 aromatic heterocycles. The van der Waals surface area contributed by atoms with Gasteiger partial charge in [0.25, 0.3) is 5.56 Å². The molecule has 0 fully saturated rings. The Kier molecular flexibility index (Phi) is 3.53. The lowest BCUT2D eigenvalue weighted by molar-refractivity contribution is 0.162. The van der Waals surface area contributed by atoms with Crippen LogP contribution in [0.5, 0.6) is 0 Å². The number of amides is 1. The summed E-state index contributed by atoms with van der Waals surface area (Å²) < 4.78 is 6.33. The first kappa shape index (κ1) is 15.1. The van der Waals surface area contributed by atoms with E-state index in [1.165, 1.54) is 0 Å². The molecular formula is C18H14N4O3. The molecule has 0 saturated heterocycles. The minimum absolute atomic E-state index is 0.155. The van der Waals surface area contributed by atoms with Crippen molar-refractivity contribution in [3.63, 3.8) is 0 Å². The fourth-order valence-corrected chi connectivity index (χ4v) is 2.92. The number of benzene rings is 2. The van der Waals surface area contributed by atoms with Crippen LogP contribution in [0.3, 0.4) is 0 Å². The van der Waals surface area contributed by atoms with Gasteiger partial charge in [-0.05, 0) is 25.1 Å². The van der Waals surface area contributed by atoms with E-state index in [0.717, 1.165) is 5.39 Å². The third kappa shape index (κ3) is 2.37. The van der Waals surface area contributed by atoms with Gasteiger partial charge in [0, 0.05) is 5.39 Å². The predicted molar refractivity (Wildman–Crippen MR) is 94.6 cm³/mol. The van der Waals surface area contributed by atoms with Crippen LogP contribution in [0.2, 0.25) is 0 Å². The average Bonchev–Trinajstić information content (AvgIpc) is 2.94. The Balaban J connectivity index is 2.09. The minimum Gasteiger partial charge on any atom is -0.447 e. The number of azo groups is 1. The van der Waals surface area contributed by atoms with Gasteiger partial charge in [-0.15, -0.1) is 5.11 Å². The van der Waals surface area contributed by atoms with Gasteiger partial charge >= 0.3 is 6.09 Å². The summed E-state index contributed by atoms with van der Waals surface area (Å²) in [4.78, 5) is 27.7. The Morgan fingerprint density at radius 1 is 1.12 bits per heavy atom. The highest BCUT2D eigenvalue weighted by molar-refractivity contribution is 6.01. The number of hydrogen-bond acceptors (Lipinski definition) is 4. The molecule has 2 heterocycles. The molecule has 0 aliphatic carbocycles. The molecule has 0 unspecified atom stereocenters. The summed E-state index contributed by atoms with van der Waals surface area (Å²) in [6.45, 7) is 1.91. The molecule has 0 aliphatic rings. The summed E-state index contributed by atoms with van der Waals surface area (Å²) in [5, 5.41) is 8.94. The van der Waals surface area contributed by atoms with E-state index in [1.54, 1.807) is 17.4 Å². The molecule has 4 aromatic rings. The van der Waals surface area contributed by atoms with Gasteiger partial charge in [-0.25, -0.2) is 4.79 Å². The van der Waals surface area contributed by atoms with Crippen molar-refractivity contribution in [3.05, 3.63) is 58.9 Å². The zero-order valence-corrected chi connectivity index (χ0v) is 13.4. The van der Waals surface area contributed by atoms with Crippen LogP contribution in [0.1, 0.15) is 6.92 Å². The zero-order chi connectivity index (χ0) is 17.4. The Bertz CT molecular complexity index is 1200. The number of carbonyl (C=O) groups excluding carboxylic acids is 1. The van der Waals surface area contributed by atoms with Crippen molar-refractivity contribution in [3.8, 4) is 0 Å². The van der Waals surface area contributed by atoms with Crippen molar-refractivity contribution in [1.29, 1.82) is 0 Å². The maximum Gasteiger partial charge on any atom is 0.452 e. The molecule has 7 heteroatoms. The summed E-state index contributed by atoms with van der Waals surface area (Å²) in [6.07, 6.45) is -0.769. The van der Waals surface area contributed by atoms with Crippen molar-refractivity contribution in [2.75, 3.05) is 6.61 Å². The predicted octanol–water partition coefficient (Wildman–Crippen LogP) is 4.17.